The number of hydrogen-bond acceptors (Lipinski definition) is 3. The summed E-state index contributed by atoms with van der Waals surface area (Å²) in [5, 5.41) is 11.2. The van der Waals surface area contributed by atoms with Crippen molar-refractivity contribution >= 4 is 16.7 Å². The van der Waals surface area contributed by atoms with Gasteiger partial charge in [-0.15, -0.1) is 0 Å². The molecule has 0 saturated carbocycles. The quantitative estimate of drug-likeness (QED) is 0.777. The van der Waals surface area contributed by atoms with Gasteiger partial charge in [-0.05, 0) is 47.2 Å². The number of carbonyl (C=O) groups is 1. The van der Waals surface area contributed by atoms with Crippen LogP contribution in [0.2, 0.25) is 0 Å². The number of aromatic carboxylic acids is 1. The van der Waals surface area contributed by atoms with Gasteiger partial charge in [-0.25, -0.2) is 4.79 Å². The Morgan fingerprint density at radius 1 is 0.909 bits per heavy atom. The summed E-state index contributed by atoms with van der Waals surface area (Å²) in [4.78, 5) is 11.2. The highest BCUT2D eigenvalue weighted by Crippen LogP contribution is 2.29. The average molecular weight is 294 g/mol. The summed E-state index contributed by atoms with van der Waals surface area (Å²) in [5.41, 5.74) is 0.133. The molecule has 4 heteroatoms. The Balaban J connectivity index is 1.99. The molecule has 0 spiro atoms. The van der Waals surface area contributed by atoms with E-state index >= 15 is 0 Å². The molecular formula is C18H14O4. The predicted molar refractivity (Wildman–Crippen MR) is 84.0 cm³/mol. The first kappa shape index (κ1) is 13.9. The largest absolute Gasteiger partial charge is 0.497 e. The number of carboxylic acid groups (broad SMARTS) is 1. The lowest BCUT2D eigenvalue weighted by molar-refractivity contribution is 0.0694. The van der Waals surface area contributed by atoms with E-state index in [0.717, 1.165) is 16.5 Å². The van der Waals surface area contributed by atoms with Crippen LogP contribution in [0.25, 0.3) is 10.8 Å². The number of fused-ring (bicyclic) bond motifs is 1. The molecule has 1 N–H and O–H groups in total. The third kappa shape index (κ3) is 2.72. The number of benzene rings is 3. The molecule has 3 aromatic carbocycles. The summed E-state index contributed by atoms with van der Waals surface area (Å²) in [6, 6.07) is 17.9. The van der Waals surface area contributed by atoms with Crippen molar-refractivity contribution in [2.45, 2.75) is 0 Å². The fourth-order valence-electron chi connectivity index (χ4n) is 2.25. The van der Waals surface area contributed by atoms with E-state index in [2.05, 4.69) is 0 Å². The van der Waals surface area contributed by atoms with Gasteiger partial charge in [-0.3, -0.25) is 0 Å². The molecule has 22 heavy (non-hydrogen) atoms. The average Bonchev–Trinajstić information content (AvgIpc) is 2.54. The zero-order chi connectivity index (χ0) is 15.5. The lowest BCUT2D eigenvalue weighted by atomic mass is 10.1. The molecule has 0 amide bonds. The van der Waals surface area contributed by atoms with Crippen molar-refractivity contribution < 1.29 is 19.4 Å². The monoisotopic (exact) mass is 294 g/mol. The molecule has 0 unspecified atom stereocenters. The molecule has 3 aromatic rings. The Hall–Kier alpha value is -3.01. The van der Waals surface area contributed by atoms with Crippen LogP contribution in [0.15, 0.2) is 60.7 Å². The molecule has 110 valence electrons. The van der Waals surface area contributed by atoms with Gasteiger partial charge in [0.1, 0.15) is 22.8 Å². The molecule has 0 aliphatic carbocycles. The minimum atomic E-state index is -1.02. The molecule has 4 nitrogen and oxygen atoms in total. The maximum atomic E-state index is 11.2. The van der Waals surface area contributed by atoms with E-state index in [1.807, 2.05) is 36.4 Å². The van der Waals surface area contributed by atoms with Gasteiger partial charge in [0.2, 0.25) is 0 Å². The second-order valence-corrected chi connectivity index (χ2v) is 4.78. The first-order chi connectivity index (χ1) is 10.7. The van der Waals surface area contributed by atoms with Crippen molar-refractivity contribution in [3.05, 3.63) is 66.2 Å². The van der Waals surface area contributed by atoms with Gasteiger partial charge in [0.25, 0.3) is 0 Å². The maximum Gasteiger partial charge on any atom is 0.339 e. The van der Waals surface area contributed by atoms with Crippen molar-refractivity contribution in [3.8, 4) is 17.2 Å². The number of carboxylic acids is 1. The van der Waals surface area contributed by atoms with Crippen LogP contribution < -0.4 is 9.47 Å². The van der Waals surface area contributed by atoms with Gasteiger partial charge in [-0.1, -0.05) is 24.3 Å². The van der Waals surface area contributed by atoms with Crippen molar-refractivity contribution in [1.29, 1.82) is 0 Å². The van der Waals surface area contributed by atoms with Crippen LogP contribution in [0.3, 0.4) is 0 Å². The van der Waals surface area contributed by atoms with Crippen molar-refractivity contribution in [2.75, 3.05) is 7.11 Å². The molecule has 0 atom stereocenters. The van der Waals surface area contributed by atoms with Gasteiger partial charge >= 0.3 is 5.97 Å². The molecule has 0 heterocycles. The number of ether oxygens (including phenoxy) is 2. The highest BCUT2D eigenvalue weighted by atomic mass is 16.5. The van der Waals surface area contributed by atoms with E-state index in [0.29, 0.717) is 11.5 Å². The molecule has 0 radical (unpaired) electrons. The zero-order valence-corrected chi connectivity index (χ0v) is 11.9. The molecule has 0 aromatic heterocycles. The molecule has 3 rings (SSSR count). The molecule has 0 bridgehead atoms. The minimum absolute atomic E-state index is 0.133. The third-order valence-corrected chi connectivity index (χ3v) is 3.36. The zero-order valence-electron chi connectivity index (χ0n) is 11.9. The summed E-state index contributed by atoms with van der Waals surface area (Å²) >= 11 is 0. The topological polar surface area (TPSA) is 55.8 Å². The first-order valence-electron chi connectivity index (χ1n) is 6.75. The summed E-state index contributed by atoms with van der Waals surface area (Å²) in [6.45, 7) is 0. The van der Waals surface area contributed by atoms with E-state index in [4.69, 9.17) is 9.47 Å². The number of rotatable bonds is 4. The minimum Gasteiger partial charge on any atom is -0.497 e. The lowest BCUT2D eigenvalue weighted by Gasteiger charge is -2.10. The van der Waals surface area contributed by atoms with Gasteiger partial charge < -0.3 is 14.6 Å². The fraction of sp³-hybridized carbons (Fsp3) is 0.0556. The lowest BCUT2D eigenvalue weighted by Crippen LogP contribution is -1.99. The van der Waals surface area contributed by atoms with Crippen LogP contribution in [0.4, 0.5) is 0 Å². The van der Waals surface area contributed by atoms with Crippen LogP contribution in [-0.2, 0) is 0 Å². The molecule has 0 aliphatic rings. The highest BCUT2D eigenvalue weighted by molar-refractivity contribution is 5.91. The van der Waals surface area contributed by atoms with Crippen LogP contribution in [0.5, 0.6) is 17.2 Å². The van der Waals surface area contributed by atoms with E-state index in [1.54, 1.807) is 25.3 Å². The standard InChI is InChI=1S/C18H14O4/c1-21-14-8-6-12-7-9-15(11-13(12)10-14)22-17-5-3-2-4-16(17)18(19)20/h2-11H,1H3,(H,19,20). The smallest absolute Gasteiger partial charge is 0.339 e. The van der Waals surface area contributed by atoms with Crippen molar-refractivity contribution in [1.82, 2.24) is 0 Å². The van der Waals surface area contributed by atoms with Crippen LogP contribution >= 0.6 is 0 Å². The van der Waals surface area contributed by atoms with Crippen LogP contribution in [-0.4, -0.2) is 18.2 Å². The summed E-state index contributed by atoms with van der Waals surface area (Å²) in [6.07, 6.45) is 0. The van der Waals surface area contributed by atoms with Gasteiger partial charge in [-0.2, -0.15) is 0 Å². The number of para-hydroxylation sites is 1. The van der Waals surface area contributed by atoms with Crippen LogP contribution in [0.1, 0.15) is 10.4 Å². The summed E-state index contributed by atoms with van der Waals surface area (Å²) in [7, 11) is 1.62. The SMILES string of the molecule is COc1ccc2ccc(Oc3ccccc3C(=O)O)cc2c1. The Bertz CT molecular complexity index is 839. The summed E-state index contributed by atoms with van der Waals surface area (Å²) in [5.74, 6) is 0.639. The van der Waals surface area contributed by atoms with Gasteiger partial charge in [0.05, 0.1) is 7.11 Å². The Morgan fingerprint density at radius 3 is 2.32 bits per heavy atom. The Labute approximate surface area is 127 Å². The predicted octanol–water partition coefficient (Wildman–Crippen LogP) is 4.34. The van der Waals surface area contributed by atoms with Crippen molar-refractivity contribution in [3.63, 3.8) is 0 Å². The van der Waals surface area contributed by atoms with Crippen LogP contribution in [0, 0.1) is 0 Å². The molecule has 0 fully saturated rings. The van der Waals surface area contributed by atoms with Gasteiger partial charge in [0, 0.05) is 0 Å². The molecule has 0 aliphatic heterocycles. The van der Waals surface area contributed by atoms with E-state index in [1.165, 1.54) is 6.07 Å². The Kier molecular flexibility index (Phi) is 3.66. The molecule has 0 saturated heterocycles. The third-order valence-electron chi connectivity index (χ3n) is 3.36. The summed E-state index contributed by atoms with van der Waals surface area (Å²) < 4.78 is 10.9. The second kappa shape index (κ2) is 5.77. The fourth-order valence-corrected chi connectivity index (χ4v) is 2.25. The number of methoxy groups -OCH3 is 1. The number of hydrogen-bond donors (Lipinski definition) is 1. The first-order valence-corrected chi connectivity index (χ1v) is 6.75. The molecular weight excluding hydrogens is 280 g/mol. The van der Waals surface area contributed by atoms with E-state index in [9.17, 15) is 9.90 Å². The van der Waals surface area contributed by atoms with Crippen molar-refractivity contribution in [2.24, 2.45) is 0 Å². The maximum absolute atomic E-state index is 11.2. The Morgan fingerprint density at radius 2 is 1.59 bits per heavy atom. The highest BCUT2D eigenvalue weighted by Gasteiger charge is 2.11. The second-order valence-electron chi connectivity index (χ2n) is 4.78. The van der Waals surface area contributed by atoms with Gasteiger partial charge in [0.15, 0.2) is 0 Å². The normalized spacial score (nSPS) is 10.4. The van der Waals surface area contributed by atoms with E-state index < -0.39 is 5.97 Å². The van der Waals surface area contributed by atoms with E-state index in [-0.39, 0.29) is 5.56 Å².